The minimum Gasteiger partial charge on any atom is -0.381 e. The maximum atomic E-state index is 12.6. The van der Waals surface area contributed by atoms with Crippen molar-refractivity contribution in [3.8, 4) is 0 Å². The molecule has 1 aromatic rings. The van der Waals surface area contributed by atoms with Crippen molar-refractivity contribution in [1.82, 2.24) is 0 Å². The van der Waals surface area contributed by atoms with Gasteiger partial charge in [-0.2, -0.15) is 13.2 Å². The summed E-state index contributed by atoms with van der Waals surface area (Å²) >= 11 is 0. The quantitative estimate of drug-likeness (QED) is 0.853. The standard InChI is InChI=1S/C13H17F3N2/c14-13(15,16)9-4-3-5-10(8-9)18-12-7-2-1-6-11(12)17/h3-5,8,11-12,18H,1-2,6-7,17H2/t11-,12-/m1/s1. The van der Waals surface area contributed by atoms with Gasteiger partial charge in [0.25, 0.3) is 0 Å². The number of hydrogen-bond acceptors (Lipinski definition) is 2. The highest BCUT2D eigenvalue weighted by atomic mass is 19.4. The first kappa shape index (κ1) is 13.2. The SMILES string of the molecule is N[C@@H]1CCCC[C@H]1Nc1cccc(C(F)(F)F)c1. The minimum absolute atomic E-state index is 0.0216. The Kier molecular flexibility index (Phi) is 3.80. The molecule has 0 saturated heterocycles. The first-order valence-electron chi connectivity index (χ1n) is 6.16. The van der Waals surface area contributed by atoms with Gasteiger partial charge in [0.05, 0.1) is 5.56 Å². The first-order valence-corrected chi connectivity index (χ1v) is 6.16. The fourth-order valence-corrected chi connectivity index (χ4v) is 2.34. The van der Waals surface area contributed by atoms with Gasteiger partial charge in [0, 0.05) is 17.8 Å². The number of benzene rings is 1. The molecule has 0 aliphatic heterocycles. The molecule has 1 aliphatic carbocycles. The van der Waals surface area contributed by atoms with Crippen LogP contribution in [0.3, 0.4) is 0 Å². The van der Waals surface area contributed by atoms with Gasteiger partial charge in [-0.15, -0.1) is 0 Å². The smallest absolute Gasteiger partial charge is 0.381 e. The van der Waals surface area contributed by atoms with Crippen LogP contribution in [-0.2, 0) is 6.18 Å². The van der Waals surface area contributed by atoms with Crippen LogP contribution in [0.4, 0.5) is 18.9 Å². The fraction of sp³-hybridized carbons (Fsp3) is 0.538. The largest absolute Gasteiger partial charge is 0.416 e. The second-order valence-electron chi connectivity index (χ2n) is 4.78. The molecule has 1 saturated carbocycles. The summed E-state index contributed by atoms with van der Waals surface area (Å²) in [6.45, 7) is 0. The highest BCUT2D eigenvalue weighted by molar-refractivity contribution is 5.47. The van der Waals surface area contributed by atoms with Crippen molar-refractivity contribution in [3.05, 3.63) is 29.8 Å². The Hall–Kier alpha value is -1.23. The van der Waals surface area contributed by atoms with E-state index in [1.807, 2.05) is 0 Å². The normalized spacial score (nSPS) is 24.9. The van der Waals surface area contributed by atoms with E-state index in [-0.39, 0.29) is 12.1 Å². The van der Waals surface area contributed by atoms with Gasteiger partial charge in [0.15, 0.2) is 0 Å². The molecule has 0 spiro atoms. The van der Waals surface area contributed by atoms with Crippen LogP contribution < -0.4 is 11.1 Å². The van der Waals surface area contributed by atoms with E-state index in [4.69, 9.17) is 5.73 Å². The van der Waals surface area contributed by atoms with Crippen molar-refractivity contribution in [1.29, 1.82) is 0 Å². The molecule has 0 aromatic heterocycles. The van der Waals surface area contributed by atoms with Gasteiger partial charge in [-0.25, -0.2) is 0 Å². The second-order valence-corrected chi connectivity index (χ2v) is 4.78. The molecular weight excluding hydrogens is 241 g/mol. The van der Waals surface area contributed by atoms with Gasteiger partial charge < -0.3 is 11.1 Å². The lowest BCUT2D eigenvalue weighted by atomic mass is 9.91. The molecule has 18 heavy (non-hydrogen) atoms. The number of rotatable bonds is 2. The lowest BCUT2D eigenvalue weighted by Gasteiger charge is -2.30. The highest BCUT2D eigenvalue weighted by Crippen LogP contribution is 2.31. The lowest BCUT2D eigenvalue weighted by molar-refractivity contribution is -0.137. The molecule has 0 radical (unpaired) electrons. The van der Waals surface area contributed by atoms with Crippen LogP contribution in [0, 0.1) is 0 Å². The number of alkyl halides is 3. The monoisotopic (exact) mass is 258 g/mol. The maximum Gasteiger partial charge on any atom is 0.416 e. The van der Waals surface area contributed by atoms with Gasteiger partial charge >= 0.3 is 6.18 Å². The highest BCUT2D eigenvalue weighted by Gasteiger charge is 2.30. The van der Waals surface area contributed by atoms with E-state index in [0.29, 0.717) is 5.69 Å². The van der Waals surface area contributed by atoms with Crippen LogP contribution in [-0.4, -0.2) is 12.1 Å². The summed E-state index contributed by atoms with van der Waals surface area (Å²) in [5.74, 6) is 0. The lowest BCUT2D eigenvalue weighted by Crippen LogP contribution is -2.42. The van der Waals surface area contributed by atoms with E-state index in [9.17, 15) is 13.2 Å². The van der Waals surface area contributed by atoms with Crippen molar-refractivity contribution in [2.75, 3.05) is 5.32 Å². The molecule has 0 heterocycles. The van der Waals surface area contributed by atoms with Crippen LogP contribution in [0.1, 0.15) is 31.2 Å². The Morgan fingerprint density at radius 1 is 1.17 bits per heavy atom. The second kappa shape index (κ2) is 5.18. The van der Waals surface area contributed by atoms with E-state index < -0.39 is 11.7 Å². The van der Waals surface area contributed by atoms with Crippen molar-refractivity contribution < 1.29 is 13.2 Å². The zero-order chi connectivity index (χ0) is 13.2. The van der Waals surface area contributed by atoms with Crippen LogP contribution in [0.25, 0.3) is 0 Å². The predicted octanol–water partition coefficient (Wildman–Crippen LogP) is 3.39. The molecular formula is C13H17F3N2. The number of anilines is 1. The number of nitrogens with two attached hydrogens (primary N) is 1. The average molecular weight is 258 g/mol. The van der Waals surface area contributed by atoms with E-state index in [0.717, 1.165) is 37.8 Å². The summed E-state index contributed by atoms with van der Waals surface area (Å²) in [6.07, 6.45) is -0.285. The Balaban J connectivity index is 2.09. The van der Waals surface area contributed by atoms with Crippen molar-refractivity contribution in [3.63, 3.8) is 0 Å². The molecule has 1 aromatic carbocycles. The third kappa shape index (κ3) is 3.16. The summed E-state index contributed by atoms with van der Waals surface area (Å²) in [4.78, 5) is 0. The van der Waals surface area contributed by atoms with E-state index in [1.165, 1.54) is 6.07 Å². The Morgan fingerprint density at radius 3 is 2.56 bits per heavy atom. The first-order chi connectivity index (χ1) is 8.47. The summed E-state index contributed by atoms with van der Waals surface area (Å²) < 4.78 is 37.7. The van der Waals surface area contributed by atoms with Crippen molar-refractivity contribution in [2.24, 2.45) is 5.73 Å². The maximum absolute atomic E-state index is 12.6. The molecule has 5 heteroatoms. The van der Waals surface area contributed by atoms with Crippen molar-refractivity contribution >= 4 is 5.69 Å². The molecule has 100 valence electrons. The fourth-order valence-electron chi connectivity index (χ4n) is 2.34. The van der Waals surface area contributed by atoms with Gasteiger partial charge in [-0.1, -0.05) is 18.9 Å². The third-order valence-electron chi connectivity index (χ3n) is 3.36. The number of halogens is 3. The van der Waals surface area contributed by atoms with Crippen LogP contribution in [0.15, 0.2) is 24.3 Å². The molecule has 3 N–H and O–H groups in total. The summed E-state index contributed by atoms with van der Waals surface area (Å²) in [5, 5.41) is 3.12. The van der Waals surface area contributed by atoms with Gasteiger partial charge in [0.1, 0.15) is 0 Å². The molecule has 0 unspecified atom stereocenters. The predicted molar refractivity (Wildman–Crippen MR) is 65.3 cm³/mol. The Morgan fingerprint density at radius 2 is 1.89 bits per heavy atom. The van der Waals surface area contributed by atoms with Crippen LogP contribution in [0.2, 0.25) is 0 Å². The summed E-state index contributed by atoms with van der Waals surface area (Å²) in [6, 6.07) is 5.37. The Bertz CT molecular complexity index is 403. The van der Waals surface area contributed by atoms with E-state index in [1.54, 1.807) is 6.07 Å². The van der Waals surface area contributed by atoms with E-state index in [2.05, 4.69) is 5.32 Å². The summed E-state index contributed by atoms with van der Waals surface area (Å²) in [5.41, 5.74) is 5.83. The molecule has 2 nitrogen and oxygen atoms in total. The van der Waals surface area contributed by atoms with Crippen LogP contribution >= 0.6 is 0 Å². The van der Waals surface area contributed by atoms with Gasteiger partial charge in [-0.3, -0.25) is 0 Å². The van der Waals surface area contributed by atoms with E-state index >= 15 is 0 Å². The zero-order valence-corrected chi connectivity index (χ0v) is 10.0. The molecule has 2 rings (SSSR count). The number of nitrogens with one attached hydrogen (secondary N) is 1. The number of hydrogen-bond donors (Lipinski definition) is 2. The zero-order valence-electron chi connectivity index (χ0n) is 10.0. The van der Waals surface area contributed by atoms with Crippen LogP contribution in [0.5, 0.6) is 0 Å². The summed E-state index contributed by atoms with van der Waals surface area (Å²) in [7, 11) is 0. The molecule has 1 fully saturated rings. The molecule has 2 atom stereocenters. The van der Waals surface area contributed by atoms with Gasteiger partial charge in [-0.05, 0) is 31.0 Å². The molecule has 0 amide bonds. The average Bonchev–Trinajstić information content (AvgIpc) is 2.31. The van der Waals surface area contributed by atoms with Crippen molar-refractivity contribution in [2.45, 2.75) is 43.9 Å². The third-order valence-corrected chi connectivity index (χ3v) is 3.36. The minimum atomic E-state index is -4.30. The topological polar surface area (TPSA) is 38.0 Å². The molecule has 0 bridgehead atoms. The Labute approximate surface area is 104 Å². The molecule has 1 aliphatic rings. The van der Waals surface area contributed by atoms with Gasteiger partial charge in [0.2, 0.25) is 0 Å².